The van der Waals surface area contributed by atoms with E-state index in [1.165, 1.54) is 18.2 Å². The summed E-state index contributed by atoms with van der Waals surface area (Å²) in [6, 6.07) is 14.3. The van der Waals surface area contributed by atoms with Gasteiger partial charge in [-0.25, -0.2) is 4.39 Å². The van der Waals surface area contributed by atoms with Crippen molar-refractivity contribution in [1.82, 2.24) is 0 Å². The molecule has 20 heavy (non-hydrogen) atoms. The minimum atomic E-state index is -0.539. The Bertz CT molecular complexity index is 906. The number of hydrogen-bond acceptors (Lipinski definition) is 3. The van der Waals surface area contributed by atoms with E-state index in [1.54, 1.807) is 30.3 Å². The number of hydrogen-bond donors (Lipinski definition) is 0. The summed E-state index contributed by atoms with van der Waals surface area (Å²) in [5, 5.41) is 9.49. The van der Waals surface area contributed by atoms with Crippen LogP contribution in [0.2, 0.25) is 0 Å². The lowest BCUT2D eigenvalue weighted by atomic mass is 10.1. The highest BCUT2D eigenvalue weighted by molar-refractivity contribution is 5.81. The van der Waals surface area contributed by atoms with E-state index >= 15 is 0 Å². The predicted molar refractivity (Wildman–Crippen MR) is 72.6 cm³/mol. The summed E-state index contributed by atoms with van der Waals surface area (Å²) in [4.78, 5) is 12.3. The molecule has 3 nitrogen and oxygen atoms in total. The Morgan fingerprint density at radius 1 is 1.05 bits per heavy atom. The van der Waals surface area contributed by atoms with E-state index in [0.29, 0.717) is 11.0 Å². The minimum absolute atomic E-state index is 0.0331. The van der Waals surface area contributed by atoms with Gasteiger partial charge < -0.3 is 4.42 Å². The summed E-state index contributed by atoms with van der Waals surface area (Å²) >= 11 is 0. The second-order valence-electron chi connectivity index (χ2n) is 4.22. The van der Waals surface area contributed by atoms with Crippen LogP contribution in [0.1, 0.15) is 5.56 Å². The molecule has 0 spiro atoms. The molecule has 0 saturated heterocycles. The van der Waals surface area contributed by atoms with Gasteiger partial charge in [0, 0.05) is 0 Å². The zero-order chi connectivity index (χ0) is 14.1. The van der Waals surface area contributed by atoms with Crippen LogP contribution in [0.15, 0.2) is 57.7 Å². The van der Waals surface area contributed by atoms with Gasteiger partial charge in [0.1, 0.15) is 23.0 Å². The molecule has 0 atom stereocenters. The molecule has 0 aliphatic rings. The fraction of sp³-hybridized carbons (Fsp3) is 0. The lowest BCUT2D eigenvalue weighted by Gasteiger charge is -2.06. The number of para-hydroxylation sites is 1. The van der Waals surface area contributed by atoms with Gasteiger partial charge in [-0.1, -0.05) is 24.3 Å². The molecule has 3 rings (SSSR count). The highest BCUT2D eigenvalue weighted by Gasteiger charge is 2.17. The number of fused-ring (bicyclic) bond motifs is 1. The number of benzene rings is 2. The Morgan fingerprint density at radius 3 is 2.50 bits per heavy atom. The van der Waals surface area contributed by atoms with Crippen LogP contribution in [0.3, 0.4) is 0 Å². The van der Waals surface area contributed by atoms with Gasteiger partial charge >= 0.3 is 0 Å². The van der Waals surface area contributed by atoms with Gasteiger partial charge in [0.05, 0.1) is 10.9 Å². The zero-order valence-electron chi connectivity index (χ0n) is 10.3. The van der Waals surface area contributed by atoms with Crippen LogP contribution in [0.5, 0.6) is 0 Å². The second-order valence-corrected chi connectivity index (χ2v) is 4.22. The third-order valence-corrected chi connectivity index (χ3v) is 3.03. The van der Waals surface area contributed by atoms with Crippen molar-refractivity contribution >= 4 is 11.0 Å². The van der Waals surface area contributed by atoms with Gasteiger partial charge in [0.15, 0.2) is 5.76 Å². The smallest absolute Gasteiger partial charge is 0.211 e. The molecular formula is C16H8FNO2. The molecule has 0 bridgehead atoms. The van der Waals surface area contributed by atoms with E-state index in [0.717, 1.165) is 0 Å². The van der Waals surface area contributed by atoms with Crippen molar-refractivity contribution in [3.05, 3.63) is 70.1 Å². The van der Waals surface area contributed by atoms with Gasteiger partial charge in [-0.3, -0.25) is 4.79 Å². The molecule has 96 valence electrons. The van der Waals surface area contributed by atoms with Gasteiger partial charge in [-0.05, 0) is 24.3 Å². The van der Waals surface area contributed by atoms with E-state index in [4.69, 9.17) is 4.42 Å². The Morgan fingerprint density at radius 2 is 1.75 bits per heavy atom. The van der Waals surface area contributed by atoms with Crippen molar-refractivity contribution in [2.75, 3.05) is 0 Å². The van der Waals surface area contributed by atoms with Gasteiger partial charge in [0.25, 0.3) is 0 Å². The van der Waals surface area contributed by atoms with Crippen LogP contribution in [0.25, 0.3) is 22.3 Å². The first-order chi connectivity index (χ1) is 9.72. The third-order valence-electron chi connectivity index (χ3n) is 3.03. The van der Waals surface area contributed by atoms with Crippen LogP contribution in [-0.4, -0.2) is 0 Å². The maximum absolute atomic E-state index is 13.9. The summed E-state index contributed by atoms with van der Waals surface area (Å²) < 4.78 is 19.4. The molecule has 0 amide bonds. The number of nitriles is 1. The first-order valence-electron chi connectivity index (χ1n) is 5.93. The summed E-state index contributed by atoms with van der Waals surface area (Å²) in [6.45, 7) is 0. The topological polar surface area (TPSA) is 54.0 Å². The quantitative estimate of drug-likeness (QED) is 0.677. The van der Waals surface area contributed by atoms with Crippen molar-refractivity contribution in [1.29, 1.82) is 5.26 Å². The van der Waals surface area contributed by atoms with Crippen LogP contribution in [0, 0.1) is 17.1 Å². The van der Waals surface area contributed by atoms with E-state index in [1.807, 2.05) is 6.07 Å². The molecule has 3 aromatic rings. The lowest BCUT2D eigenvalue weighted by Crippen LogP contribution is -2.08. The van der Waals surface area contributed by atoms with E-state index in [-0.39, 0.29) is 16.9 Å². The highest BCUT2D eigenvalue weighted by atomic mass is 19.1. The molecule has 4 heteroatoms. The van der Waals surface area contributed by atoms with Crippen molar-refractivity contribution in [3.63, 3.8) is 0 Å². The van der Waals surface area contributed by atoms with Crippen molar-refractivity contribution in [2.24, 2.45) is 0 Å². The molecule has 0 unspecified atom stereocenters. The van der Waals surface area contributed by atoms with Crippen molar-refractivity contribution < 1.29 is 8.81 Å². The molecule has 0 radical (unpaired) electrons. The van der Waals surface area contributed by atoms with Crippen LogP contribution in [0.4, 0.5) is 4.39 Å². The lowest BCUT2D eigenvalue weighted by molar-refractivity contribution is 0.593. The second kappa shape index (κ2) is 4.63. The highest BCUT2D eigenvalue weighted by Crippen LogP contribution is 2.27. The fourth-order valence-electron chi connectivity index (χ4n) is 2.08. The van der Waals surface area contributed by atoms with E-state index in [2.05, 4.69) is 0 Å². The first kappa shape index (κ1) is 12.1. The monoisotopic (exact) mass is 265 g/mol. The van der Waals surface area contributed by atoms with E-state index < -0.39 is 11.2 Å². The Kier molecular flexibility index (Phi) is 2.81. The summed E-state index contributed by atoms with van der Waals surface area (Å²) in [5.41, 5.74) is -0.206. The van der Waals surface area contributed by atoms with Crippen molar-refractivity contribution in [3.8, 4) is 17.4 Å². The molecule has 2 aromatic carbocycles. The Labute approximate surface area is 113 Å². The number of rotatable bonds is 1. The van der Waals surface area contributed by atoms with Gasteiger partial charge in [-0.15, -0.1) is 0 Å². The molecule has 1 aromatic heterocycles. The molecule has 0 fully saturated rings. The maximum atomic E-state index is 13.9. The molecule has 0 aliphatic heterocycles. The Hall–Kier alpha value is -2.93. The summed E-state index contributed by atoms with van der Waals surface area (Å²) in [6.07, 6.45) is 0. The average molecular weight is 265 g/mol. The number of halogens is 1. The normalized spacial score (nSPS) is 10.4. The maximum Gasteiger partial charge on any atom is 0.211 e. The molecule has 1 heterocycles. The largest absolute Gasteiger partial charge is 0.454 e. The standard InChI is InChI=1S/C16H8FNO2/c17-13-7-3-1-5-10(13)16-12(9-18)15(19)11-6-2-4-8-14(11)20-16/h1-8H. The molecule has 0 N–H and O–H groups in total. The molecule has 0 saturated carbocycles. The molecule has 0 aliphatic carbocycles. The summed E-state index contributed by atoms with van der Waals surface area (Å²) in [7, 11) is 0. The summed E-state index contributed by atoms with van der Waals surface area (Å²) in [5.74, 6) is -0.572. The predicted octanol–water partition coefficient (Wildman–Crippen LogP) is 3.47. The third kappa shape index (κ3) is 1.77. The fourth-order valence-corrected chi connectivity index (χ4v) is 2.08. The van der Waals surface area contributed by atoms with Crippen molar-refractivity contribution in [2.45, 2.75) is 0 Å². The average Bonchev–Trinajstić information content (AvgIpc) is 2.48. The van der Waals surface area contributed by atoms with Gasteiger partial charge in [0.2, 0.25) is 5.43 Å². The van der Waals surface area contributed by atoms with E-state index in [9.17, 15) is 14.4 Å². The van der Waals surface area contributed by atoms with Crippen LogP contribution in [-0.2, 0) is 0 Å². The molecular weight excluding hydrogens is 257 g/mol. The van der Waals surface area contributed by atoms with Crippen LogP contribution >= 0.6 is 0 Å². The minimum Gasteiger partial charge on any atom is -0.454 e. The SMILES string of the molecule is N#Cc1c(-c2ccccc2F)oc2ccccc2c1=O. The van der Waals surface area contributed by atoms with Gasteiger partial charge in [-0.2, -0.15) is 5.26 Å². The van der Waals surface area contributed by atoms with Crippen LogP contribution < -0.4 is 5.43 Å². The first-order valence-corrected chi connectivity index (χ1v) is 5.93. The number of nitrogens with zero attached hydrogens (tertiary/aromatic N) is 1. The Balaban J connectivity index is 2.46. The zero-order valence-corrected chi connectivity index (χ0v) is 10.3.